The average molecular weight is 301 g/mol. The Morgan fingerprint density at radius 1 is 1.42 bits per heavy atom. The van der Waals surface area contributed by atoms with Gasteiger partial charge in [0.05, 0.1) is 0 Å². The molecule has 106 valence electrons. The fourth-order valence-corrected chi connectivity index (χ4v) is 5.69. The highest BCUT2D eigenvalue weighted by molar-refractivity contribution is 7.91. The zero-order chi connectivity index (χ0) is 13.6. The summed E-state index contributed by atoms with van der Waals surface area (Å²) < 4.78 is 27.4. The van der Waals surface area contributed by atoms with E-state index in [0.29, 0.717) is 10.9 Å². The maximum Gasteiger partial charge on any atom is 0.182 e. The summed E-state index contributed by atoms with van der Waals surface area (Å²) in [6, 6.07) is 0. The van der Waals surface area contributed by atoms with Gasteiger partial charge in [0.1, 0.15) is 9.90 Å². The lowest BCUT2D eigenvalue weighted by molar-refractivity contribution is 0.348. The summed E-state index contributed by atoms with van der Waals surface area (Å²) in [5.74, 6) is 2.51. The number of rotatable bonds is 4. The molecule has 2 saturated carbocycles. The second-order valence-electron chi connectivity index (χ2n) is 5.81. The second kappa shape index (κ2) is 4.63. The summed E-state index contributed by atoms with van der Waals surface area (Å²) >= 11 is 1.14. The number of anilines is 2. The van der Waals surface area contributed by atoms with Gasteiger partial charge in [-0.05, 0) is 48.5 Å². The van der Waals surface area contributed by atoms with Gasteiger partial charge in [0.15, 0.2) is 15.7 Å². The molecule has 2 aliphatic rings. The van der Waals surface area contributed by atoms with Gasteiger partial charge < -0.3 is 11.1 Å². The summed E-state index contributed by atoms with van der Waals surface area (Å²) in [4.78, 5) is 0.167. The number of nitrogen functional groups attached to an aromatic ring is 1. The van der Waals surface area contributed by atoms with Gasteiger partial charge in [-0.2, -0.15) is 4.37 Å². The van der Waals surface area contributed by atoms with Crippen molar-refractivity contribution in [3.05, 3.63) is 0 Å². The van der Waals surface area contributed by atoms with Crippen LogP contribution in [0.15, 0.2) is 4.90 Å². The van der Waals surface area contributed by atoms with Crippen LogP contribution < -0.4 is 11.1 Å². The number of sulfone groups is 1. The summed E-state index contributed by atoms with van der Waals surface area (Å²) in [6.45, 7) is 0.839. The SMILES string of the molecule is CS(=O)(=O)c1c(N)nsc1NCC1CC2CCC1C2. The van der Waals surface area contributed by atoms with Crippen molar-refractivity contribution in [2.75, 3.05) is 23.9 Å². The Bertz CT molecular complexity index is 582. The molecule has 3 N–H and O–H groups in total. The summed E-state index contributed by atoms with van der Waals surface area (Å²) in [5, 5.41) is 3.86. The molecule has 3 unspecified atom stereocenters. The van der Waals surface area contributed by atoms with Gasteiger partial charge in [-0.1, -0.05) is 6.42 Å². The van der Waals surface area contributed by atoms with E-state index in [0.717, 1.165) is 29.9 Å². The van der Waals surface area contributed by atoms with Gasteiger partial charge in [-0.3, -0.25) is 0 Å². The third-order valence-electron chi connectivity index (χ3n) is 4.45. The first-order valence-electron chi connectivity index (χ1n) is 6.64. The van der Waals surface area contributed by atoms with Crippen molar-refractivity contribution in [1.29, 1.82) is 0 Å². The summed E-state index contributed by atoms with van der Waals surface area (Å²) in [7, 11) is -3.32. The number of nitrogens with zero attached hydrogens (tertiary/aromatic N) is 1. The van der Waals surface area contributed by atoms with Gasteiger partial charge in [0.2, 0.25) is 0 Å². The van der Waals surface area contributed by atoms with Gasteiger partial charge in [-0.25, -0.2) is 8.42 Å². The Hall–Kier alpha value is -0.820. The van der Waals surface area contributed by atoms with Crippen LogP contribution in [0, 0.1) is 17.8 Å². The van der Waals surface area contributed by atoms with E-state index in [-0.39, 0.29) is 10.7 Å². The highest BCUT2D eigenvalue weighted by atomic mass is 32.2. The molecule has 7 heteroatoms. The van der Waals surface area contributed by atoms with Crippen LogP contribution in [0.25, 0.3) is 0 Å². The lowest BCUT2D eigenvalue weighted by Crippen LogP contribution is -2.20. The van der Waals surface area contributed by atoms with Crippen LogP contribution in [-0.4, -0.2) is 25.6 Å². The topological polar surface area (TPSA) is 85.1 Å². The molecular weight excluding hydrogens is 282 g/mol. The van der Waals surface area contributed by atoms with Crippen molar-refractivity contribution in [3.8, 4) is 0 Å². The lowest BCUT2D eigenvalue weighted by atomic mass is 9.89. The molecule has 0 amide bonds. The van der Waals surface area contributed by atoms with Crippen molar-refractivity contribution in [2.45, 2.75) is 30.6 Å². The quantitative estimate of drug-likeness (QED) is 0.888. The van der Waals surface area contributed by atoms with E-state index in [1.807, 2.05) is 0 Å². The molecule has 2 aliphatic carbocycles. The molecule has 2 fully saturated rings. The fourth-order valence-electron chi connectivity index (χ4n) is 3.62. The van der Waals surface area contributed by atoms with Crippen LogP contribution in [0.3, 0.4) is 0 Å². The molecule has 1 aromatic heterocycles. The third-order valence-corrected chi connectivity index (χ3v) is 6.56. The second-order valence-corrected chi connectivity index (χ2v) is 8.54. The molecule has 0 spiro atoms. The summed E-state index contributed by atoms with van der Waals surface area (Å²) in [5.41, 5.74) is 5.65. The number of hydrogen-bond donors (Lipinski definition) is 2. The van der Waals surface area contributed by atoms with E-state index in [4.69, 9.17) is 5.73 Å². The maximum atomic E-state index is 11.7. The van der Waals surface area contributed by atoms with Crippen LogP contribution in [0.5, 0.6) is 0 Å². The van der Waals surface area contributed by atoms with Crippen LogP contribution in [0.4, 0.5) is 10.8 Å². The smallest absolute Gasteiger partial charge is 0.182 e. The van der Waals surface area contributed by atoms with Crippen molar-refractivity contribution >= 4 is 32.2 Å². The first-order valence-corrected chi connectivity index (χ1v) is 9.30. The number of hydrogen-bond acceptors (Lipinski definition) is 6. The minimum absolute atomic E-state index is 0.114. The monoisotopic (exact) mass is 301 g/mol. The van der Waals surface area contributed by atoms with Crippen molar-refractivity contribution in [3.63, 3.8) is 0 Å². The normalized spacial score (nSPS) is 29.8. The Labute approximate surface area is 117 Å². The molecule has 3 atom stereocenters. The Morgan fingerprint density at radius 2 is 2.21 bits per heavy atom. The minimum atomic E-state index is -3.32. The first kappa shape index (κ1) is 13.2. The molecule has 5 nitrogen and oxygen atoms in total. The molecule has 1 aromatic rings. The zero-order valence-corrected chi connectivity index (χ0v) is 12.6. The highest BCUT2D eigenvalue weighted by Crippen LogP contribution is 2.48. The van der Waals surface area contributed by atoms with Gasteiger partial charge >= 0.3 is 0 Å². The van der Waals surface area contributed by atoms with Crippen LogP contribution in [-0.2, 0) is 9.84 Å². The number of nitrogens with two attached hydrogens (primary N) is 1. The third kappa shape index (κ3) is 2.45. The van der Waals surface area contributed by atoms with E-state index in [9.17, 15) is 8.42 Å². The summed E-state index contributed by atoms with van der Waals surface area (Å²) in [6.07, 6.45) is 6.52. The van der Waals surface area contributed by atoms with E-state index >= 15 is 0 Å². The van der Waals surface area contributed by atoms with Crippen molar-refractivity contribution in [2.24, 2.45) is 17.8 Å². The molecule has 0 aromatic carbocycles. The van der Waals surface area contributed by atoms with Crippen LogP contribution >= 0.6 is 11.5 Å². The van der Waals surface area contributed by atoms with Crippen molar-refractivity contribution < 1.29 is 8.42 Å². The van der Waals surface area contributed by atoms with E-state index < -0.39 is 9.84 Å². The van der Waals surface area contributed by atoms with Gasteiger partial charge in [-0.15, -0.1) is 0 Å². The zero-order valence-electron chi connectivity index (χ0n) is 10.9. The molecule has 2 bridgehead atoms. The largest absolute Gasteiger partial charge is 0.382 e. The molecule has 0 saturated heterocycles. The van der Waals surface area contributed by atoms with E-state index in [1.165, 1.54) is 31.9 Å². The predicted octanol–water partition coefficient (Wildman–Crippen LogP) is 1.98. The molecule has 0 radical (unpaired) electrons. The highest BCUT2D eigenvalue weighted by Gasteiger charge is 2.39. The van der Waals surface area contributed by atoms with E-state index in [2.05, 4.69) is 9.69 Å². The number of fused-ring (bicyclic) bond motifs is 2. The molecule has 3 rings (SSSR count). The first-order chi connectivity index (χ1) is 8.95. The fraction of sp³-hybridized carbons (Fsp3) is 0.750. The Balaban J connectivity index is 1.71. The molecular formula is C12H19N3O2S2. The van der Waals surface area contributed by atoms with Gasteiger partial charge in [0, 0.05) is 12.8 Å². The maximum absolute atomic E-state index is 11.7. The van der Waals surface area contributed by atoms with Crippen LogP contribution in [0.2, 0.25) is 0 Å². The van der Waals surface area contributed by atoms with E-state index in [1.54, 1.807) is 0 Å². The van der Waals surface area contributed by atoms with Gasteiger partial charge in [0.25, 0.3) is 0 Å². The Kier molecular flexibility index (Phi) is 3.21. The molecule has 0 aliphatic heterocycles. The lowest BCUT2D eigenvalue weighted by Gasteiger charge is -2.22. The number of aromatic nitrogens is 1. The molecule has 19 heavy (non-hydrogen) atoms. The average Bonchev–Trinajstić information content (AvgIpc) is 2.99. The number of nitrogens with one attached hydrogen (secondary N) is 1. The molecule has 1 heterocycles. The standard InChI is InChI=1S/C12H19N3O2S2/c1-19(16,17)10-11(13)15-18-12(10)14-6-9-5-7-2-3-8(9)4-7/h7-9,14H,2-6H2,1H3,(H2,13,15). The van der Waals surface area contributed by atoms with Crippen molar-refractivity contribution in [1.82, 2.24) is 4.37 Å². The minimum Gasteiger partial charge on any atom is -0.382 e. The Morgan fingerprint density at radius 3 is 2.79 bits per heavy atom. The van der Waals surface area contributed by atoms with Crippen LogP contribution in [0.1, 0.15) is 25.7 Å². The predicted molar refractivity (Wildman–Crippen MR) is 77.1 cm³/mol.